The molecule has 0 aromatic heterocycles. The van der Waals surface area contributed by atoms with Crippen molar-refractivity contribution in [2.24, 2.45) is 0 Å². The Morgan fingerprint density at radius 2 is 1.00 bits per heavy atom. The second kappa shape index (κ2) is 22.4. The Labute approximate surface area is 331 Å². The van der Waals surface area contributed by atoms with Crippen LogP contribution in [0.3, 0.4) is 0 Å². The van der Waals surface area contributed by atoms with Gasteiger partial charge in [-0.2, -0.15) is 0 Å². The van der Waals surface area contributed by atoms with Gasteiger partial charge in [-0.3, -0.25) is 4.90 Å². The third-order valence-electron chi connectivity index (χ3n) is 8.58. The molecule has 0 spiro atoms. The largest absolute Gasteiger partial charge is 0.493 e. The normalized spacial score (nSPS) is 16.1. The Bertz CT molecular complexity index is 1560. The van der Waals surface area contributed by atoms with Crippen molar-refractivity contribution >= 4 is 51.5 Å². The van der Waals surface area contributed by atoms with Gasteiger partial charge < -0.3 is 24.3 Å². The summed E-state index contributed by atoms with van der Waals surface area (Å²) < 4.78 is 48.3. The van der Waals surface area contributed by atoms with E-state index >= 15 is 0 Å². The average molecular weight is 845 g/mol. The molecule has 284 valence electrons. The molecule has 2 fully saturated rings. The number of hydrogen-bond donors (Lipinski definition) is 1. The summed E-state index contributed by atoms with van der Waals surface area (Å²) >= 11 is 15.0. The minimum Gasteiger partial charge on any atom is -0.493 e. The number of alkyl halides is 1. The zero-order chi connectivity index (χ0) is 36.5. The lowest BCUT2D eigenvalue weighted by Gasteiger charge is -2.39. The number of nitrogens with one attached hydrogen (secondary N) is 1. The molecule has 0 bridgehead atoms. The molecule has 4 aromatic rings. The third kappa shape index (κ3) is 16.1. The molecule has 52 heavy (non-hydrogen) atoms. The highest BCUT2D eigenvalue weighted by Gasteiger charge is 2.32. The van der Waals surface area contributed by atoms with Gasteiger partial charge in [0, 0.05) is 35.0 Å². The van der Waals surface area contributed by atoms with Gasteiger partial charge in [0.2, 0.25) is 0 Å². The van der Waals surface area contributed by atoms with Crippen LogP contribution < -0.4 is 24.3 Å². The predicted octanol–water partition coefficient (Wildman–Crippen LogP) is 10.7. The Balaban J connectivity index is 0.000000230. The maximum Gasteiger partial charge on any atom is 0.123 e. The van der Waals surface area contributed by atoms with E-state index in [0.717, 1.165) is 80.3 Å². The van der Waals surface area contributed by atoms with Crippen molar-refractivity contribution in [2.75, 3.05) is 51.3 Å². The fourth-order valence-corrected chi connectivity index (χ4v) is 5.91. The quantitative estimate of drug-likeness (QED) is 0.152. The van der Waals surface area contributed by atoms with E-state index in [0.29, 0.717) is 29.7 Å². The lowest BCUT2D eigenvalue weighted by Crippen LogP contribution is -2.47. The average Bonchev–Trinajstić information content (AvgIpc) is 3.13. The summed E-state index contributed by atoms with van der Waals surface area (Å²) in [4.78, 5) is 2.37. The minimum atomic E-state index is -0.247. The molecule has 0 unspecified atom stereocenters. The summed E-state index contributed by atoms with van der Waals surface area (Å²) in [7, 11) is 0. The van der Waals surface area contributed by atoms with Crippen LogP contribution in [0.4, 0.5) is 8.78 Å². The van der Waals surface area contributed by atoms with Gasteiger partial charge in [-0.1, -0.05) is 39.1 Å². The van der Waals surface area contributed by atoms with Crippen LogP contribution in [0.25, 0.3) is 0 Å². The van der Waals surface area contributed by atoms with Crippen molar-refractivity contribution in [1.29, 1.82) is 0 Å². The Morgan fingerprint density at radius 3 is 1.42 bits per heavy atom. The Hall–Kier alpha value is -2.79. The standard InChI is InChI=1S/C20H23ClFNO2.C12H16ClNO.C8H8BrFO.ClH/c1-20(25-19-6-2-16(21)3-7-19)10-12-23(13-11-20)14-15-24-18-8-4-17(22)5-9-18;1-12(6-8-14-9-7-12)15-11-4-2-10(13)3-5-11;9-5-6-11-8-3-1-7(10)2-4-8;/h2-9H,10-15H2,1H3;2-5,14H,6-9H2,1H3;1-4H,5-6H2;1H. The number of benzene rings is 4. The number of rotatable bonds is 11. The zero-order valence-corrected chi connectivity index (χ0v) is 33.5. The first kappa shape index (κ1) is 43.6. The van der Waals surface area contributed by atoms with Crippen LogP contribution in [0.1, 0.15) is 39.5 Å². The molecule has 6 nitrogen and oxygen atoms in total. The van der Waals surface area contributed by atoms with E-state index in [9.17, 15) is 8.78 Å². The molecular weight excluding hydrogens is 797 g/mol. The summed E-state index contributed by atoms with van der Waals surface area (Å²) in [5.41, 5.74) is -0.179. The number of piperidine rings is 2. The van der Waals surface area contributed by atoms with Crippen LogP contribution in [-0.4, -0.2) is 67.4 Å². The Morgan fingerprint density at radius 1 is 0.615 bits per heavy atom. The zero-order valence-electron chi connectivity index (χ0n) is 29.6. The summed E-state index contributed by atoms with van der Waals surface area (Å²) in [6.07, 6.45) is 4.03. The lowest BCUT2D eigenvalue weighted by atomic mass is 9.93. The fraction of sp³-hybridized carbons (Fsp3) is 0.400. The van der Waals surface area contributed by atoms with Gasteiger partial charge in [-0.15, -0.1) is 12.4 Å². The molecule has 0 atom stereocenters. The predicted molar refractivity (Wildman–Crippen MR) is 214 cm³/mol. The van der Waals surface area contributed by atoms with Crippen molar-refractivity contribution in [1.82, 2.24) is 10.2 Å². The van der Waals surface area contributed by atoms with Crippen molar-refractivity contribution in [3.63, 3.8) is 0 Å². The number of nitrogens with zero attached hydrogens (tertiary/aromatic N) is 1. The summed E-state index contributed by atoms with van der Waals surface area (Å²) in [5.74, 6) is 2.68. The van der Waals surface area contributed by atoms with Crippen molar-refractivity contribution in [3.8, 4) is 23.0 Å². The highest BCUT2D eigenvalue weighted by Crippen LogP contribution is 2.29. The van der Waals surface area contributed by atoms with E-state index in [1.165, 1.54) is 24.3 Å². The SMILES string of the molecule is CC1(Oc2ccc(Cl)cc2)CCN(CCOc2ccc(F)cc2)CC1.CC1(Oc2ccc(Cl)cc2)CCNCC1.Cl.Fc1ccc(OCCBr)cc1. The van der Waals surface area contributed by atoms with Gasteiger partial charge in [-0.05, 0) is 150 Å². The molecule has 2 saturated heterocycles. The van der Waals surface area contributed by atoms with Crippen molar-refractivity contribution in [2.45, 2.75) is 50.7 Å². The smallest absolute Gasteiger partial charge is 0.123 e. The van der Waals surface area contributed by atoms with Crippen LogP contribution in [0.15, 0.2) is 97.1 Å². The maximum absolute atomic E-state index is 12.9. The van der Waals surface area contributed by atoms with Crippen LogP contribution in [0, 0.1) is 11.6 Å². The van der Waals surface area contributed by atoms with Gasteiger partial charge in [0.1, 0.15) is 52.4 Å². The molecule has 0 amide bonds. The van der Waals surface area contributed by atoms with E-state index in [-0.39, 0.29) is 35.2 Å². The van der Waals surface area contributed by atoms with Gasteiger partial charge >= 0.3 is 0 Å². The van der Waals surface area contributed by atoms with Crippen LogP contribution in [-0.2, 0) is 0 Å². The van der Waals surface area contributed by atoms with E-state index in [1.807, 2.05) is 48.5 Å². The lowest BCUT2D eigenvalue weighted by molar-refractivity contribution is 0.0135. The molecule has 2 heterocycles. The van der Waals surface area contributed by atoms with Crippen LogP contribution in [0.2, 0.25) is 10.0 Å². The molecule has 1 N–H and O–H groups in total. The highest BCUT2D eigenvalue weighted by atomic mass is 79.9. The first-order chi connectivity index (χ1) is 24.5. The van der Waals surface area contributed by atoms with Gasteiger partial charge in [0.05, 0.1) is 6.61 Å². The van der Waals surface area contributed by atoms with Gasteiger partial charge in [0.25, 0.3) is 0 Å². The van der Waals surface area contributed by atoms with Gasteiger partial charge in [-0.25, -0.2) is 8.78 Å². The van der Waals surface area contributed by atoms with E-state index in [2.05, 4.69) is 40.0 Å². The molecule has 0 radical (unpaired) electrons. The summed E-state index contributed by atoms with van der Waals surface area (Å²) in [5, 5.41) is 5.58. The molecule has 2 aliphatic rings. The fourth-order valence-electron chi connectivity index (χ4n) is 5.49. The van der Waals surface area contributed by atoms with Crippen LogP contribution >= 0.6 is 51.5 Å². The molecule has 2 aliphatic heterocycles. The Kier molecular flexibility index (Phi) is 18.8. The molecule has 0 aliphatic carbocycles. The van der Waals surface area contributed by atoms with Crippen molar-refractivity contribution in [3.05, 3.63) is 119 Å². The molecule has 6 rings (SSSR count). The van der Waals surface area contributed by atoms with E-state index in [1.54, 1.807) is 24.3 Å². The highest BCUT2D eigenvalue weighted by molar-refractivity contribution is 9.09. The minimum absolute atomic E-state index is 0. The first-order valence-electron chi connectivity index (χ1n) is 17.2. The van der Waals surface area contributed by atoms with Crippen molar-refractivity contribution < 1.29 is 27.7 Å². The van der Waals surface area contributed by atoms with Gasteiger partial charge in [0.15, 0.2) is 0 Å². The van der Waals surface area contributed by atoms with E-state index < -0.39 is 0 Å². The number of hydrogen-bond acceptors (Lipinski definition) is 6. The van der Waals surface area contributed by atoms with Crippen LogP contribution in [0.5, 0.6) is 23.0 Å². The number of ether oxygens (including phenoxy) is 4. The second-order valence-electron chi connectivity index (χ2n) is 12.9. The monoisotopic (exact) mass is 842 g/mol. The first-order valence-corrected chi connectivity index (χ1v) is 19.1. The maximum atomic E-state index is 12.9. The second-order valence-corrected chi connectivity index (χ2v) is 14.6. The summed E-state index contributed by atoms with van der Waals surface area (Å²) in [6, 6.07) is 27.2. The third-order valence-corrected chi connectivity index (χ3v) is 9.41. The summed E-state index contributed by atoms with van der Waals surface area (Å²) in [6.45, 7) is 10.4. The molecule has 4 aromatic carbocycles. The molecule has 0 saturated carbocycles. The molecule has 12 heteroatoms. The topological polar surface area (TPSA) is 52.2 Å². The van der Waals surface area contributed by atoms with E-state index in [4.69, 9.17) is 42.1 Å². The number of likely N-dealkylation sites (tertiary alicyclic amines) is 1. The number of halogens is 6. The molecular formula is C40H48BrCl3F2N2O4.